The molecule has 0 aliphatic carbocycles. The molecule has 0 aliphatic rings. The lowest BCUT2D eigenvalue weighted by Gasteiger charge is -2.08. The SMILES string of the molecule is CCCCc1ccc(NC(=O)C(=O)Nc2ccc(F)c(Cl)c2)cc1. The van der Waals surface area contributed by atoms with Gasteiger partial charge in [0.05, 0.1) is 5.02 Å². The van der Waals surface area contributed by atoms with Gasteiger partial charge in [0.1, 0.15) is 5.82 Å². The first kappa shape index (κ1) is 17.9. The Morgan fingerprint density at radius 1 is 1.00 bits per heavy atom. The molecule has 0 heterocycles. The lowest BCUT2D eigenvalue weighted by molar-refractivity contribution is -0.132. The van der Waals surface area contributed by atoms with E-state index in [0.717, 1.165) is 25.3 Å². The zero-order valence-corrected chi connectivity index (χ0v) is 14.0. The molecule has 0 unspecified atom stereocenters. The molecule has 0 atom stereocenters. The zero-order valence-electron chi connectivity index (χ0n) is 13.2. The number of amides is 2. The van der Waals surface area contributed by atoms with Crippen LogP contribution in [-0.4, -0.2) is 11.8 Å². The van der Waals surface area contributed by atoms with Gasteiger partial charge in [-0.1, -0.05) is 37.1 Å². The molecule has 0 aromatic heterocycles. The standard InChI is InChI=1S/C18H18ClFN2O2/c1-2-3-4-12-5-7-13(8-6-12)21-17(23)18(24)22-14-9-10-16(20)15(19)11-14/h5-11H,2-4H2,1H3,(H,21,23)(H,22,24). The van der Waals surface area contributed by atoms with Gasteiger partial charge in [0, 0.05) is 11.4 Å². The van der Waals surface area contributed by atoms with Crippen LogP contribution in [0.2, 0.25) is 5.02 Å². The average molecular weight is 349 g/mol. The van der Waals surface area contributed by atoms with E-state index in [1.165, 1.54) is 17.7 Å². The van der Waals surface area contributed by atoms with Gasteiger partial charge in [0.25, 0.3) is 0 Å². The summed E-state index contributed by atoms with van der Waals surface area (Å²) < 4.78 is 13.1. The number of carbonyl (C=O) groups excluding carboxylic acids is 2. The second-order valence-corrected chi connectivity index (χ2v) is 5.74. The number of unbranched alkanes of at least 4 members (excludes halogenated alkanes) is 1. The van der Waals surface area contributed by atoms with Gasteiger partial charge in [-0.25, -0.2) is 4.39 Å². The van der Waals surface area contributed by atoms with E-state index in [1.807, 2.05) is 12.1 Å². The van der Waals surface area contributed by atoms with Crippen LogP contribution in [0.5, 0.6) is 0 Å². The molecule has 2 aromatic rings. The molecule has 2 aromatic carbocycles. The van der Waals surface area contributed by atoms with E-state index in [9.17, 15) is 14.0 Å². The molecule has 2 amide bonds. The van der Waals surface area contributed by atoms with Crippen molar-refractivity contribution in [2.45, 2.75) is 26.2 Å². The van der Waals surface area contributed by atoms with Crippen molar-refractivity contribution in [1.29, 1.82) is 0 Å². The second-order valence-electron chi connectivity index (χ2n) is 5.34. The summed E-state index contributed by atoms with van der Waals surface area (Å²) >= 11 is 5.63. The molecule has 126 valence electrons. The quantitative estimate of drug-likeness (QED) is 0.787. The normalized spacial score (nSPS) is 10.3. The molecular weight excluding hydrogens is 331 g/mol. The minimum absolute atomic E-state index is 0.129. The highest BCUT2D eigenvalue weighted by Gasteiger charge is 2.14. The molecule has 4 nitrogen and oxygen atoms in total. The molecule has 2 N–H and O–H groups in total. The van der Waals surface area contributed by atoms with Crippen LogP contribution in [0.1, 0.15) is 25.3 Å². The van der Waals surface area contributed by atoms with E-state index < -0.39 is 17.6 Å². The van der Waals surface area contributed by atoms with Crippen LogP contribution >= 0.6 is 11.6 Å². The highest BCUT2D eigenvalue weighted by Crippen LogP contribution is 2.19. The lowest BCUT2D eigenvalue weighted by Crippen LogP contribution is -2.29. The molecule has 24 heavy (non-hydrogen) atoms. The van der Waals surface area contributed by atoms with E-state index in [1.54, 1.807) is 12.1 Å². The number of anilines is 2. The third kappa shape index (κ3) is 5.06. The maximum atomic E-state index is 13.1. The monoisotopic (exact) mass is 348 g/mol. The maximum absolute atomic E-state index is 13.1. The predicted molar refractivity (Wildman–Crippen MR) is 93.7 cm³/mol. The first-order valence-corrected chi connectivity index (χ1v) is 8.03. The van der Waals surface area contributed by atoms with Gasteiger partial charge in [0.2, 0.25) is 0 Å². The Hall–Kier alpha value is -2.40. The predicted octanol–water partition coefficient (Wildman–Crippen LogP) is 4.40. The smallest absolute Gasteiger partial charge is 0.314 e. The number of hydrogen-bond donors (Lipinski definition) is 2. The van der Waals surface area contributed by atoms with Crippen molar-refractivity contribution in [2.75, 3.05) is 10.6 Å². The lowest BCUT2D eigenvalue weighted by atomic mass is 10.1. The van der Waals surface area contributed by atoms with Gasteiger partial charge in [-0.3, -0.25) is 9.59 Å². The Kier molecular flexibility index (Phi) is 6.32. The number of carbonyl (C=O) groups is 2. The van der Waals surface area contributed by atoms with Crippen molar-refractivity contribution in [3.63, 3.8) is 0 Å². The number of rotatable bonds is 5. The van der Waals surface area contributed by atoms with Gasteiger partial charge in [-0.2, -0.15) is 0 Å². The summed E-state index contributed by atoms with van der Waals surface area (Å²) in [4.78, 5) is 23.8. The van der Waals surface area contributed by atoms with Crippen LogP contribution in [-0.2, 0) is 16.0 Å². The fourth-order valence-electron chi connectivity index (χ4n) is 2.09. The Morgan fingerprint density at radius 3 is 2.17 bits per heavy atom. The van der Waals surface area contributed by atoms with E-state index in [4.69, 9.17) is 11.6 Å². The molecule has 0 saturated carbocycles. The maximum Gasteiger partial charge on any atom is 0.314 e. The minimum atomic E-state index is -0.854. The van der Waals surface area contributed by atoms with Crippen LogP contribution in [0.15, 0.2) is 42.5 Å². The van der Waals surface area contributed by atoms with Crippen molar-refractivity contribution in [1.82, 2.24) is 0 Å². The Bertz CT molecular complexity index is 732. The first-order chi connectivity index (χ1) is 11.5. The third-order valence-corrected chi connectivity index (χ3v) is 3.70. The summed E-state index contributed by atoms with van der Waals surface area (Å²) in [5.74, 6) is -2.26. The highest BCUT2D eigenvalue weighted by atomic mass is 35.5. The second kappa shape index (κ2) is 8.45. The molecule has 0 bridgehead atoms. The topological polar surface area (TPSA) is 58.2 Å². The Morgan fingerprint density at radius 2 is 1.58 bits per heavy atom. The third-order valence-electron chi connectivity index (χ3n) is 3.41. The number of nitrogens with one attached hydrogen (secondary N) is 2. The fraction of sp³-hybridized carbons (Fsp3) is 0.222. The van der Waals surface area contributed by atoms with Gasteiger partial charge >= 0.3 is 11.8 Å². The van der Waals surface area contributed by atoms with Gasteiger partial charge in [-0.15, -0.1) is 0 Å². The van der Waals surface area contributed by atoms with Crippen molar-refractivity contribution >= 4 is 34.8 Å². The fourth-order valence-corrected chi connectivity index (χ4v) is 2.27. The first-order valence-electron chi connectivity index (χ1n) is 7.66. The molecule has 0 saturated heterocycles. The summed E-state index contributed by atoms with van der Waals surface area (Å²) in [5, 5.41) is 4.75. The Balaban J connectivity index is 1.93. The van der Waals surface area contributed by atoms with Crippen molar-refractivity contribution in [3.8, 4) is 0 Å². The van der Waals surface area contributed by atoms with E-state index in [-0.39, 0.29) is 10.7 Å². The van der Waals surface area contributed by atoms with Crippen molar-refractivity contribution < 1.29 is 14.0 Å². The summed E-state index contributed by atoms with van der Waals surface area (Å²) in [6, 6.07) is 11.0. The number of aryl methyl sites for hydroxylation is 1. The highest BCUT2D eigenvalue weighted by molar-refractivity contribution is 6.43. The molecule has 0 spiro atoms. The molecular formula is C18H18ClFN2O2. The summed E-state index contributed by atoms with van der Waals surface area (Å²) in [6.45, 7) is 2.13. The minimum Gasteiger partial charge on any atom is -0.318 e. The van der Waals surface area contributed by atoms with Crippen molar-refractivity contribution in [3.05, 3.63) is 58.9 Å². The van der Waals surface area contributed by atoms with E-state index >= 15 is 0 Å². The van der Waals surface area contributed by atoms with Crippen LogP contribution in [0, 0.1) is 5.82 Å². The van der Waals surface area contributed by atoms with Gasteiger partial charge < -0.3 is 10.6 Å². The number of hydrogen-bond acceptors (Lipinski definition) is 2. The summed E-state index contributed by atoms with van der Waals surface area (Å²) in [5.41, 5.74) is 1.96. The van der Waals surface area contributed by atoms with Gasteiger partial charge in [-0.05, 0) is 48.7 Å². The molecule has 0 fully saturated rings. The van der Waals surface area contributed by atoms with Crippen LogP contribution in [0.3, 0.4) is 0 Å². The largest absolute Gasteiger partial charge is 0.318 e. The van der Waals surface area contributed by atoms with E-state index in [2.05, 4.69) is 17.6 Å². The molecule has 0 aliphatic heterocycles. The number of benzene rings is 2. The summed E-state index contributed by atoms with van der Waals surface area (Å²) in [6.07, 6.45) is 3.21. The van der Waals surface area contributed by atoms with Crippen LogP contribution < -0.4 is 10.6 Å². The molecule has 2 rings (SSSR count). The molecule has 0 radical (unpaired) electrons. The van der Waals surface area contributed by atoms with Gasteiger partial charge in [0.15, 0.2) is 0 Å². The zero-order chi connectivity index (χ0) is 17.5. The average Bonchev–Trinajstić information content (AvgIpc) is 2.57. The Labute approximate surface area is 145 Å². The van der Waals surface area contributed by atoms with Crippen LogP contribution in [0.25, 0.3) is 0 Å². The van der Waals surface area contributed by atoms with E-state index in [0.29, 0.717) is 5.69 Å². The number of halogens is 2. The summed E-state index contributed by atoms with van der Waals surface area (Å²) in [7, 11) is 0. The van der Waals surface area contributed by atoms with Crippen LogP contribution in [0.4, 0.5) is 15.8 Å². The van der Waals surface area contributed by atoms with Crippen molar-refractivity contribution in [2.24, 2.45) is 0 Å². The molecule has 6 heteroatoms.